The molecular weight excluding hydrogens is 464 g/mol. The van der Waals surface area contributed by atoms with Gasteiger partial charge in [-0.2, -0.15) is 5.10 Å². The van der Waals surface area contributed by atoms with Gasteiger partial charge in [0.15, 0.2) is 6.23 Å². The van der Waals surface area contributed by atoms with Crippen molar-refractivity contribution in [2.24, 2.45) is 0 Å². The van der Waals surface area contributed by atoms with Gasteiger partial charge in [-0.25, -0.2) is 18.4 Å². The summed E-state index contributed by atoms with van der Waals surface area (Å²) in [5.74, 6) is -0.538. The Morgan fingerprint density at radius 1 is 1.00 bits per heavy atom. The van der Waals surface area contributed by atoms with Crippen LogP contribution in [0.5, 0.6) is 0 Å². The summed E-state index contributed by atoms with van der Waals surface area (Å²) in [7, 11) is 0. The van der Waals surface area contributed by atoms with E-state index >= 15 is 4.39 Å². The van der Waals surface area contributed by atoms with Gasteiger partial charge in [0.25, 0.3) is 0 Å². The van der Waals surface area contributed by atoms with Crippen molar-refractivity contribution in [2.75, 3.05) is 31.3 Å². The third kappa shape index (κ3) is 4.12. The number of hydrogen-bond donors (Lipinski definition) is 0. The molecule has 0 saturated carbocycles. The topological polar surface area (TPSA) is 65.3 Å². The summed E-state index contributed by atoms with van der Waals surface area (Å²) in [4.78, 5) is 11.9. The van der Waals surface area contributed by atoms with Crippen LogP contribution in [0.15, 0.2) is 48.8 Å². The SMILES string of the molecule is CC1COCCN1c1cc(-c2ccc(F)cc2F)c2ccnc(-c3ccnn3C3CCCCO3)c2n1. The fourth-order valence-corrected chi connectivity index (χ4v) is 5.12. The molecule has 1 aromatic carbocycles. The predicted octanol–water partition coefficient (Wildman–Crippen LogP) is 5.36. The second kappa shape index (κ2) is 9.55. The molecule has 5 heterocycles. The molecule has 2 aliphatic heterocycles. The first kappa shape index (κ1) is 23.0. The van der Waals surface area contributed by atoms with E-state index in [1.165, 1.54) is 12.1 Å². The molecule has 3 aromatic heterocycles. The number of anilines is 1. The van der Waals surface area contributed by atoms with E-state index < -0.39 is 11.6 Å². The van der Waals surface area contributed by atoms with Gasteiger partial charge < -0.3 is 14.4 Å². The lowest BCUT2D eigenvalue weighted by Gasteiger charge is -2.34. The van der Waals surface area contributed by atoms with E-state index in [4.69, 9.17) is 19.4 Å². The number of morpholine rings is 1. The van der Waals surface area contributed by atoms with Crippen LogP contribution in [0, 0.1) is 11.6 Å². The van der Waals surface area contributed by atoms with Crippen molar-refractivity contribution in [2.45, 2.75) is 38.5 Å². The smallest absolute Gasteiger partial charge is 0.150 e. The van der Waals surface area contributed by atoms with E-state index in [-0.39, 0.29) is 12.3 Å². The van der Waals surface area contributed by atoms with Crippen LogP contribution >= 0.6 is 0 Å². The van der Waals surface area contributed by atoms with Crippen LogP contribution in [0.4, 0.5) is 14.6 Å². The molecule has 0 bridgehead atoms. The first-order chi connectivity index (χ1) is 17.6. The first-order valence-corrected chi connectivity index (χ1v) is 12.3. The molecular formula is C27H27F2N5O2. The number of ether oxygens (including phenoxy) is 2. The largest absolute Gasteiger partial charge is 0.377 e. The fourth-order valence-electron chi connectivity index (χ4n) is 5.12. The Morgan fingerprint density at radius 2 is 1.92 bits per heavy atom. The lowest BCUT2D eigenvalue weighted by atomic mass is 9.99. The van der Waals surface area contributed by atoms with Crippen LogP contribution in [0.25, 0.3) is 33.4 Å². The van der Waals surface area contributed by atoms with Crippen LogP contribution < -0.4 is 4.90 Å². The molecule has 0 aliphatic carbocycles. The highest BCUT2D eigenvalue weighted by Crippen LogP contribution is 2.38. The van der Waals surface area contributed by atoms with Crippen molar-refractivity contribution < 1.29 is 18.3 Å². The third-order valence-corrected chi connectivity index (χ3v) is 6.94. The van der Waals surface area contributed by atoms with Crippen molar-refractivity contribution >= 4 is 16.7 Å². The van der Waals surface area contributed by atoms with Gasteiger partial charge in [0.1, 0.15) is 28.7 Å². The van der Waals surface area contributed by atoms with Gasteiger partial charge in [-0.05, 0) is 62.1 Å². The summed E-state index contributed by atoms with van der Waals surface area (Å²) in [5.41, 5.74) is 3.01. The van der Waals surface area contributed by atoms with E-state index in [9.17, 15) is 4.39 Å². The molecule has 4 aromatic rings. The number of pyridine rings is 2. The van der Waals surface area contributed by atoms with Gasteiger partial charge in [0.2, 0.25) is 0 Å². The molecule has 0 radical (unpaired) electrons. The van der Waals surface area contributed by atoms with E-state index in [1.54, 1.807) is 12.4 Å². The van der Waals surface area contributed by atoms with E-state index in [0.29, 0.717) is 54.5 Å². The summed E-state index contributed by atoms with van der Waals surface area (Å²) >= 11 is 0. The second-order valence-electron chi connectivity index (χ2n) is 9.31. The maximum absolute atomic E-state index is 15.1. The van der Waals surface area contributed by atoms with Crippen LogP contribution in [-0.4, -0.2) is 52.2 Å². The molecule has 2 unspecified atom stereocenters. The van der Waals surface area contributed by atoms with Crippen molar-refractivity contribution in [1.82, 2.24) is 19.7 Å². The molecule has 0 N–H and O–H groups in total. The maximum atomic E-state index is 15.1. The molecule has 186 valence electrons. The van der Waals surface area contributed by atoms with Gasteiger partial charge in [-0.1, -0.05) is 0 Å². The lowest BCUT2D eigenvalue weighted by Crippen LogP contribution is -2.44. The van der Waals surface area contributed by atoms with E-state index in [2.05, 4.69) is 16.9 Å². The summed E-state index contributed by atoms with van der Waals surface area (Å²) < 4.78 is 42.3. The quantitative estimate of drug-likeness (QED) is 0.383. The minimum absolute atomic E-state index is 0.0934. The maximum Gasteiger partial charge on any atom is 0.150 e. The first-order valence-electron chi connectivity index (χ1n) is 12.3. The molecule has 2 atom stereocenters. The van der Waals surface area contributed by atoms with Crippen molar-refractivity contribution in [1.29, 1.82) is 0 Å². The van der Waals surface area contributed by atoms with E-state index in [0.717, 1.165) is 36.4 Å². The zero-order valence-electron chi connectivity index (χ0n) is 20.0. The van der Waals surface area contributed by atoms with Gasteiger partial charge in [0, 0.05) is 42.6 Å². The predicted molar refractivity (Wildman–Crippen MR) is 133 cm³/mol. The van der Waals surface area contributed by atoms with Crippen molar-refractivity contribution in [3.63, 3.8) is 0 Å². The summed E-state index contributed by atoms with van der Waals surface area (Å²) in [6.45, 7) is 4.58. The number of halogens is 2. The highest BCUT2D eigenvalue weighted by molar-refractivity contribution is 6.01. The molecule has 36 heavy (non-hydrogen) atoms. The molecule has 6 rings (SSSR count). The number of nitrogens with zero attached hydrogens (tertiary/aromatic N) is 5. The second-order valence-corrected chi connectivity index (χ2v) is 9.31. The molecule has 7 nitrogen and oxygen atoms in total. The van der Waals surface area contributed by atoms with Crippen molar-refractivity contribution in [3.8, 4) is 22.5 Å². The highest BCUT2D eigenvalue weighted by atomic mass is 19.1. The van der Waals surface area contributed by atoms with Crippen LogP contribution in [0.3, 0.4) is 0 Å². The van der Waals surface area contributed by atoms with Crippen molar-refractivity contribution in [3.05, 3.63) is 60.4 Å². The average Bonchev–Trinajstić information content (AvgIpc) is 3.38. The average molecular weight is 492 g/mol. The normalized spacial score (nSPS) is 20.7. The number of fused-ring (bicyclic) bond motifs is 1. The molecule has 9 heteroatoms. The summed E-state index contributed by atoms with van der Waals surface area (Å²) in [6, 6.07) is 9.38. The minimum atomic E-state index is -0.623. The zero-order chi connectivity index (χ0) is 24.6. The van der Waals surface area contributed by atoms with Crippen LogP contribution in [-0.2, 0) is 9.47 Å². The van der Waals surface area contributed by atoms with Crippen LogP contribution in [0.1, 0.15) is 32.4 Å². The molecule has 0 spiro atoms. The molecule has 2 aliphatic rings. The lowest BCUT2D eigenvalue weighted by molar-refractivity contribution is -0.0383. The Balaban J connectivity index is 1.58. The third-order valence-electron chi connectivity index (χ3n) is 6.94. The molecule has 2 fully saturated rings. The fraction of sp³-hybridized carbons (Fsp3) is 0.370. The van der Waals surface area contributed by atoms with Crippen LogP contribution in [0.2, 0.25) is 0 Å². The number of benzene rings is 1. The van der Waals surface area contributed by atoms with Gasteiger partial charge in [-0.3, -0.25) is 4.98 Å². The Kier molecular flexibility index (Phi) is 6.10. The number of aromatic nitrogens is 4. The molecule has 0 amide bonds. The Labute approximate surface area is 207 Å². The number of rotatable bonds is 4. The summed E-state index contributed by atoms with van der Waals surface area (Å²) in [5, 5.41) is 5.28. The number of hydrogen-bond acceptors (Lipinski definition) is 6. The Morgan fingerprint density at radius 3 is 2.72 bits per heavy atom. The monoisotopic (exact) mass is 491 g/mol. The van der Waals surface area contributed by atoms with Gasteiger partial charge >= 0.3 is 0 Å². The van der Waals surface area contributed by atoms with Gasteiger partial charge in [0.05, 0.1) is 24.9 Å². The summed E-state index contributed by atoms with van der Waals surface area (Å²) in [6.07, 6.45) is 6.24. The molecule has 2 saturated heterocycles. The van der Waals surface area contributed by atoms with E-state index in [1.807, 2.05) is 22.9 Å². The standard InChI is InChI=1S/C27H27F2N5O2/c1-17-16-35-13-11-33(17)24-15-21(19-6-5-18(28)14-22(19)29)20-7-9-30-27(26(20)32-24)23-8-10-31-34(23)25-4-2-3-12-36-25/h5-10,14-15,17,25H,2-4,11-13,16H2,1H3. The zero-order valence-corrected chi connectivity index (χ0v) is 20.0. The highest BCUT2D eigenvalue weighted by Gasteiger charge is 2.26. The Bertz CT molecular complexity index is 1400. The Hall–Kier alpha value is -3.43. The van der Waals surface area contributed by atoms with Gasteiger partial charge in [-0.15, -0.1) is 0 Å². The minimum Gasteiger partial charge on any atom is -0.377 e.